The van der Waals surface area contributed by atoms with Crippen molar-refractivity contribution in [2.75, 3.05) is 5.32 Å². The van der Waals surface area contributed by atoms with Gasteiger partial charge in [0.2, 0.25) is 0 Å². The van der Waals surface area contributed by atoms with Crippen LogP contribution >= 0.6 is 11.6 Å². The molecule has 2 rings (SSSR count). The summed E-state index contributed by atoms with van der Waals surface area (Å²) in [6, 6.07) is 5.53. The van der Waals surface area contributed by atoms with Crippen molar-refractivity contribution in [1.82, 2.24) is 9.97 Å². The van der Waals surface area contributed by atoms with E-state index in [0.717, 1.165) is 11.1 Å². The predicted molar refractivity (Wildman–Crippen MR) is 70.9 cm³/mol. The quantitative estimate of drug-likeness (QED) is 0.904. The second kappa shape index (κ2) is 5.14. The molecule has 1 heterocycles. The summed E-state index contributed by atoms with van der Waals surface area (Å²) in [5.41, 5.74) is 2.82. The molecule has 0 bridgehead atoms. The Labute approximate surface area is 110 Å². The fourth-order valence-electron chi connectivity index (χ4n) is 1.45. The average molecular weight is 262 g/mol. The van der Waals surface area contributed by atoms with Crippen LogP contribution in [-0.2, 0) is 0 Å². The maximum atomic E-state index is 12.0. The van der Waals surface area contributed by atoms with Gasteiger partial charge in [-0.25, -0.2) is 9.97 Å². The molecule has 2 aromatic rings. The molecule has 1 aromatic heterocycles. The fraction of sp³-hybridized carbons (Fsp3) is 0.154. The van der Waals surface area contributed by atoms with Gasteiger partial charge in [-0.3, -0.25) is 4.79 Å². The number of amides is 1. The van der Waals surface area contributed by atoms with Crippen LogP contribution < -0.4 is 5.32 Å². The summed E-state index contributed by atoms with van der Waals surface area (Å²) in [5, 5.41) is 2.95. The van der Waals surface area contributed by atoms with Crippen molar-refractivity contribution in [3.63, 3.8) is 0 Å². The number of aromatic nitrogens is 2. The van der Waals surface area contributed by atoms with Gasteiger partial charge in [-0.2, -0.15) is 0 Å². The fourth-order valence-corrected chi connectivity index (χ4v) is 1.55. The highest BCUT2D eigenvalue weighted by atomic mass is 35.5. The van der Waals surface area contributed by atoms with Gasteiger partial charge in [0.15, 0.2) is 5.82 Å². The lowest BCUT2D eigenvalue weighted by Crippen LogP contribution is -2.13. The number of nitrogens with one attached hydrogen (secondary N) is 1. The molecule has 0 atom stereocenters. The van der Waals surface area contributed by atoms with Gasteiger partial charge in [-0.05, 0) is 37.1 Å². The van der Waals surface area contributed by atoms with Crippen LogP contribution in [0.4, 0.5) is 5.82 Å². The monoisotopic (exact) mass is 261 g/mol. The van der Waals surface area contributed by atoms with E-state index in [9.17, 15) is 4.79 Å². The Morgan fingerprint density at radius 2 is 1.94 bits per heavy atom. The van der Waals surface area contributed by atoms with Crippen molar-refractivity contribution in [1.29, 1.82) is 0 Å². The van der Waals surface area contributed by atoms with E-state index in [2.05, 4.69) is 15.3 Å². The standard InChI is InChI=1S/C13H12ClN3O/c1-8-3-4-10(5-9(8)2)13(18)17-12-7-15-11(14)6-16-12/h3-7H,1-2H3,(H,16,17,18). The molecular formula is C13H12ClN3O. The zero-order chi connectivity index (χ0) is 13.1. The number of carbonyl (C=O) groups excluding carboxylic acids is 1. The summed E-state index contributed by atoms with van der Waals surface area (Å²) >= 11 is 5.62. The second-order valence-electron chi connectivity index (χ2n) is 3.98. The molecule has 1 N–H and O–H groups in total. The van der Waals surface area contributed by atoms with Crippen molar-refractivity contribution in [3.05, 3.63) is 52.4 Å². The Balaban J connectivity index is 2.16. The summed E-state index contributed by atoms with van der Waals surface area (Å²) in [4.78, 5) is 19.8. The maximum Gasteiger partial charge on any atom is 0.256 e. The van der Waals surface area contributed by atoms with E-state index in [-0.39, 0.29) is 5.91 Å². The molecule has 4 nitrogen and oxygen atoms in total. The van der Waals surface area contributed by atoms with E-state index < -0.39 is 0 Å². The Morgan fingerprint density at radius 3 is 2.56 bits per heavy atom. The van der Waals surface area contributed by atoms with Gasteiger partial charge < -0.3 is 5.32 Å². The van der Waals surface area contributed by atoms with E-state index in [1.54, 1.807) is 6.07 Å². The zero-order valence-corrected chi connectivity index (χ0v) is 10.8. The van der Waals surface area contributed by atoms with Gasteiger partial charge in [0.1, 0.15) is 5.15 Å². The van der Waals surface area contributed by atoms with Crippen LogP contribution in [0.5, 0.6) is 0 Å². The summed E-state index contributed by atoms with van der Waals surface area (Å²) in [7, 11) is 0. The third kappa shape index (κ3) is 2.84. The number of hydrogen-bond acceptors (Lipinski definition) is 3. The van der Waals surface area contributed by atoms with Crippen molar-refractivity contribution in [3.8, 4) is 0 Å². The van der Waals surface area contributed by atoms with E-state index in [1.807, 2.05) is 26.0 Å². The molecule has 1 amide bonds. The van der Waals surface area contributed by atoms with Gasteiger partial charge in [0.25, 0.3) is 5.91 Å². The number of anilines is 1. The largest absolute Gasteiger partial charge is 0.305 e. The lowest BCUT2D eigenvalue weighted by Gasteiger charge is -2.06. The Hall–Kier alpha value is -1.94. The van der Waals surface area contributed by atoms with Gasteiger partial charge >= 0.3 is 0 Å². The average Bonchev–Trinajstić information content (AvgIpc) is 2.35. The van der Waals surface area contributed by atoms with Crippen molar-refractivity contribution in [2.24, 2.45) is 0 Å². The number of halogens is 1. The first-order chi connectivity index (χ1) is 8.56. The molecule has 0 spiro atoms. The Morgan fingerprint density at radius 1 is 1.17 bits per heavy atom. The Bertz CT molecular complexity index is 581. The van der Waals surface area contributed by atoms with E-state index in [0.29, 0.717) is 16.5 Å². The zero-order valence-electron chi connectivity index (χ0n) is 10.1. The third-order valence-corrected chi connectivity index (χ3v) is 2.83. The van der Waals surface area contributed by atoms with Crippen molar-refractivity contribution >= 4 is 23.3 Å². The molecule has 0 radical (unpaired) electrons. The minimum atomic E-state index is -0.213. The molecule has 5 heteroatoms. The number of benzene rings is 1. The molecule has 0 aliphatic rings. The smallest absolute Gasteiger partial charge is 0.256 e. The number of carbonyl (C=O) groups is 1. The number of nitrogens with zero attached hydrogens (tertiary/aromatic N) is 2. The molecule has 0 saturated carbocycles. The van der Waals surface area contributed by atoms with Gasteiger partial charge in [0, 0.05) is 5.56 Å². The summed E-state index contributed by atoms with van der Waals surface area (Å²) < 4.78 is 0. The maximum absolute atomic E-state index is 12.0. The normalized spacial score (nSPS) is 10.2. The molecule has 0 saturated heterocycles. The van der Waals surface area contributed by atoms with E-state index in [1.165, 1.54) is 12.4 Å². The van der Waals surface area contributed by atoms with Crippen LogP contribution in [0.3, 0.4) is 0 Å². The first kappa shape index (κ1) is 12.5. The molecule has 1 aromatic carbocycles. The van der Waals surface area contributed by atoms with E-state index in [4.69, 9.17) is 11.6 Å². The molecule has 0 aliphatic heterocycles. The first-order valence-corrected chi connectivity index (χ1v) is 5.80. The van der Waals surface area contributed by atoms with Gasteiger partial charge in [-0.1, -0.05) is 17.7 Å². The topological polar surface area (TPSA) is 54.9 Å². The molecule has 0 unspecified atom stereocenters. The summed E-state index contributed by atoms with van der Waals surface area (Å²) in [6.45, 7) is 3.97. The highest BCUT2D eigenvalue weighted by Crippen LogP contribution is 2.12. The molecule has 92 valence electrons. The minimum absolute atomic E-state index is 0.213. The molecular weight excluding hydrogens is 250 g/mol. The molecule has 0 aliphatic carbocycles. The van der Waals surface area contributed by atoms with Crippen LogP contribution in [0.15, 0.2) is 30.6 Å². The summed E-state index contributed by atoms with van der Waals surface area (Å²) in [5.74, 6) is 0.164. The number of hydrogen-bond donors (Lipinski definition) is 1. The lowest BCUT2D eigenvalue weighted by molar-refractivity contribution is 0.102. The van der Waals surface area contributed by atoms with Crippen molar-refractivity contribution < 1.29 is 4.79 Å². The van der Waals surface area contributed by atoms with Crippen LogP contribution in [-0.4, -0.2) is 15.9 Å². The number of rotatable bonds is 2. The van der Waals surface area contributed by atoms with Crippen molar-refractivity contribution in [2.45, 2.75) is 13.8 Å². The molecule has 0 fully saturated rings. The summed E-state index contributed by atoms with van der Waals surface area (Å²) in [6.07, 6.45) is 2.80. The second-order valence-corrected chi connectivity index (χ2v) is 4.36. The van der Waals surface area contributed by atoms with E-state index >= 15 is 0 Å². The van der Waals surface area contributed by atoms with Crippen LogP contribution in [0.25, 0.3) is 0 Å². The highest BCUT2D eigenvalue weighted by Gasteiger charge is 2.07. The van der Waals surface area contributed by atoms with Crippen LogP contribution in [0, 0.1) is 13.8 Å². The lowest BCUT2D eigenvalue weighted by atomic mass is 10.1. The number of aryl methyl sites for hydroxylation is 2. The first-order valence-electron chi connectivity index (χ1n) is 5.42. The minimum Gasteiger partial charge on any atom is -0.305 e. The highest BCUT2D eigenvalue weighted by molar-refractivity contribution is 6.29. The van der Waals surface area contributed by atoms with Crippen LogP contribution in [0.1, 0.15) is 21.5 Å². The molecule has 18 heavy (non-hydrogen) atoms. The third-order valence-electron chi connectivity index (χ3n) is 2.63. The van der Waals surface area contributed by atoms with Gasteiger partial charge in [0.05, 0.1) is 12.4 Å². The Kier molecular flexibility index (Phi) is 3.58. The van der Waals surface area contributed by atoms with Crippen LogP contribution in [0.2, 0.25) is 5.15 Å². The van der Waals surface area contributed by atoms with Gasteiger partial charge in [-0.15, -0.1) is 0 Å². The SMILES string of the molecule is Cc1ccc(C(=O)Nc2cnc(Cl)cn2)cc1C. The predicted octanol–water partition coefficient (Wildman–Crippen LogP) is 3.00.